The van der Waals surface area contributed by atoms with Crippen LogP contribution in [0, 0.1) is 0 Å². The molecule has 1 aromatic carbocycles. The van der Waals surface area contributed by atoms with Crippen LogP contribution in [0.3, 0.4) is 0 Å². The summed E-state index contributed by atoms with van der Waals surface area (Å²) in [6.45, 7) is 2.29. The summed E-state index contributed by atoms with van der Waals surface area (Å²) in [5.41, 5.74) is 0. The van der Waals surface area contributed by atoms with Gasteiger partial charge in [-0.25, -0.2) is 4.79 Å². The van der Waals surface area contributed by atoms with Crippen molar-refractivity contribution in [1.82, 2.24) is 0 Å². The van der Waals surface area contributed by atoms with Crippen LogP contribution in [0.2, 0.25) is 0 Å². The van der Waals surface area contributed by atoms with Crippen molar-refractivity contribution in [2.24, 2.45) is 0 Å². The van der Waals surface area contributed by atoms with Crippen molar-refractivity contribution in [1.29, 1.82) is 0 Å². The number of esters is 1. The Kier molecular flexibility index (Phi) is 8.66. The van der Waals surface area contributed by atoms with Crippen molar-refractivity contribution in [2.75, 3.05) is 20.3 Å². The topological polar surface area (TPSA) is 44.8 Å². The van der Waals surface area contributed by atoms with E-state index < -0.39 is 5.97 Å². The monoisotopic (exact) mass is 252 g/mol. The molecule has 86 valence electrons. The van der Waals surface area contributed by atoms with Crippen molar-refractivity contribution >= 4 is 43.7 Å². The summed E-state index contributed by atoms with van der Waals surface area (Å²) in [6, 6.07) is 6.79. The van der Waals surface area contributed by atoms with Crippen molar-refractivity contribution in [3.63, 3.8) is 0 Å². The van der Waals surface area contributed by atoms with Crippen LogP contribution in [-0.4, -0.2) is 64.0 Å². The van der Waals surface area contributed by atoms with Crippen LogP contribution in [-0.2, 0) is 9.53 Å². The molecule has 0 saturated carbocycles. The minimum atomic E-state index is -0.401. The first-order valence-electron chi connectivity index (χ1n) is 4.68. The van der Waals surface area contributed by atoms with Crippen molar-refractivity contribution in [3.05, 3.63) is 24.3 Å². The van der Waals surface area contributed by atoms with Gasteiger partial charge in [-0.2, -0.15) is 0 Å². The molecular formula is C11H16CaO4. The summed E-state index contributed by atoms with van der Waals surface area (Å²) in [7, 11) is 1.58. The zero-order chi connectivity index (χ0) is 11.1. The second kappa shape index (κ2) is 8.82. The Hall–Kier alpha value is -0.290. The van der Waals surface area contributed by atoms with Crippen LogP contribution in [0.4, 0.5) is 0 Å². The molecule has 1 aromatic rings. The Bertz CT molecular complexity index is 310. The molecular weight excluding hydrogens is 236 g/mol. The third-order valence-corrected chi connectivity index (χ3v) is 1.72. The molecule has 4 nitrogen and oxygen atoms in total. The van der Waals surface area contributed by atoms with E-state index in [2.05, 4.69) is 0 Å². The summed E-state index contributed by atoms with van der Waals surface area (Å²) in [5, 5.41) is 0. The van der Waals surface area contributed by atoms with E-state index in [1.54, 1.807) is 31.4 Å². The summed E-state index contributed by atoms with van der Waals surface area (Å²) in [4.78, 5) is 11.1. The first-order valence-corrected chi connectivity index (χ1v) is 4.68. The first kappa shape index (κ1) is 15.7. The Balaban J connectivity index is 0.00000225. The molecule has 0 radical (unpaired) electrons. The molecule has 0 unspecified atom stereocenters. The van der Waals surface area contributed by atoms with Crippen molar-refractivity contribution in [2.45, 2.75) is 6.92 Å². The minimum absolute atomic E-state index is 0. The molecule has 0 aliphatic rings. The number of carbonyl (C=O) groups is 1. The van der Waals surface area contributed by atoms with Crippen LogP contribution in [0.5, 0.6) is 11.5 Å². The van der Waals surface area contributed by atoms with Gasteiger partial charge in [0.05, 0.1) is 7.11 Å². The molecule has 0 bridgehead atoms. The average Bonchev–Trinajstić information content (AvgIpc) is 2.27. The average molecular weight is 252 g/mol. The number of hydrogen-bond donors (Lipinski definition) is 0. The molecule has 1 rings (SSSR count). The number of carbonyl (C=O) groups excluding carboxylic acids is 1. The number of ether oxygens (including phenoxy) is 3. The van der Waals surface area contributed by atoms with Crippen LogP contribution in [0.25, 0.3) is 0 Å². The predicted octanol–water partition coefficient (Wildman–Crippen LogP) is 0.721. The van der Waals surface area contributed by atoms with E-state index in [9.17, 15) is 4.79 Å². The fourth-order valence-corrected chi connectivity index (χ4v) is 0.990. The molecule has 0 saturated heterocycles. The van der Waals surface area contributed by atoms with E-state index in [-0.39, 0.29) is 44.3 Å². The molecule has 0 spiro atoms. The molecule has 0 heterocycles. The number of hydrogen-bond acceptors (Lipinski definition) is 4. The summed E-state index contributed by atoms with van der Waals surface area (Å²) >= 11 is 0. The van der Waals surface area contributed by atoms with Crippen LogP contribution in [0.1, 0.15) is 6.92 Å². The second-order valence-electron chi connectivity index (χ2n) is 2.79. The van der Waals surface area contributed by atoms with Crippen LogP contribution >= 0.6 is 0 Å². The zero-order valence-corrected chi connectivity index (χ0v) is 8.86. The van der Waals surface area contributed by atoms with Gasteiger partial charge in [0.1, 0.15) is 18.1 Å². The van der Waals surface area contributed by atoms with E-state index in [4.69, 9.17) is 14.2 Å². The van der Waals surface area contributed by atoms with E-state index in [0.29, 0.717) is 12.4 Å². The van der Waals surface area contributed by atoms with Gasteiger partial charge in [0.15, 0.2) is 0 Å². The Labute approximate surface area is 125 Å². The maximum atomic E-state index is 11.1. The molecule has 0 fully saturated rings. The third-order valence-electron chi connectivity index (χ3n) is 1.72. The Morgan fingerprint density at radius 2 is 1.75 bits per heavy atom. The molecule has 0 atom stereocenters. The fraction of sp³-hybridized carbons (Fsp3) is 0.364. The van der Waals surface area contributed by atoms with E-state index >= 15 is 0 Å². The standard InChI is InChI=1S/C11H14O4.Ca.2H/c1-3-14-8-11(12)15-10-6-4-9(13-2)5-7-10;;;/h4-7H,3,8H2,1-2H3;;;. The molecule has 0 N–H and O–H groups in total. The third kappa shape index (κ3) is 5.70. The van der Waals surface area contributed by atoms with Crippen LogP contribution < -0.4 is 9.47 Å². The Morgan fingerprint density at radius 1 is 1.19 bits per heavy atom. The molecule has 0 aliphatic heterocycles. The van der Waals surface area contributed by atoms with Crippen LogP contribution in [0.15, 0.2) is 24.3 Å². The summed E-state index contributed by atoms with van der Waals surface area (Å²) in [5.74, 6) is 0.808. The number of benzene rings is 1. The van der Waals surface area contributed by atoms with Gasteiger partial charge in [-0.05, 0) is 31.2 Å². The Morgan fingerprint density at radius 3 is 2.25 bits per heavy atom. The van der Waals surface area contributed by atoms with Gasteiger partial charge < -0.3 is 14.2 Å². The van der Waals surface area contributed by atoms with Gasteiger partial charge in [0.2, 0.25) is 0 Å². The van der Waals surface area contributed by atoms with Gasteiger partial charge in [-0.1, -0.05) is 0 Å². The fourth-order valence-electron chi connectivity index (χ4n) is 0.990. The van der Waals surface area contributed by atoms with E-state index in [0.717, 1.165) is 5.75 Å². The SMILES string of the molecule is CCOCC(=O)Oc1ccc(OC)cc1.[CaH2]. The van der Waals surface area contributed by atoms with Gasteiger partial charge in [0.25, 0.3) is 0 Å². The van der Waals surface area contributed by atoms with Gasteiger partial charge in [-0.3, -0.25) is 0 Å². The second-order valence-corrected chi connectivity index (χ2v) is 2.79. The summed E-state index contributed by atoms with van der Waals surface area (Å²) in [6.07, 6.45) is 0. The quantitative estimate of drug-likeness (QED) is 0.440. The molecule has 16 heavy (non-hydrogen) atoms. The molecule has 0 amide bonds. The van der Waals surface area contributed by atoms with Crippen molar-refractivity contribution < 1.29 is 19.0 Å². The zero-order valence-electron chi connectivity index (χ0n) is 8.86. The number of methoxy groups -OCH3 is 1. The molecule has 5 heteroatoms. The van der Waals surface area contributed by atoms with E-state index in [1.165, 1.54) is 0 Å². The normalized spacial score (nSPS) is 9.12. The van der Waals surface area contributed by atoms with Crippen molar-refractivity contribution in [3.8, 4) is 11.5 Å². The van der Waals surface area contributed by atoms with Gasteiger partial charge in [0, 0.05) is 6.61 Å². The number of rotatable bonds is 5. The molecule has 0 aliphatic carbocycles. The maximum absolute atomic E-state index is 11.1. The van der Waals surface area contributed by atoms with Gasteiger partial charge in [-0.15, -0.1) is 0 Å². The van der Waals surface area contributed by atoms with Gasteiger partial charge >= 0.3 is 43.7 Å². The van der Waals surface area contributed by atoms with E-state index in [1.807, 2.05) is 6.92 Å². The predicted molar refractivity (Wildman–Crippen MR) is 63.7 cm³/mol. The summed E-state index contributed by atoms with van der Waals surface area (Å²) < 4.78 is 14.9. The first-order chi connectivity index (χ1) is 7.26. The molecule has 0 aromatic heterocycles.